The summed E-state index contributed by atoms with van der Waals surface area (Å²) < 4.78 is 40.2. The third-order valence-corrected chi connectivity index (χ3v) is 2.65. The number of hydrogen-bond donors (Lipinski definition) is 1. The molecule has 0 aliphatic rings. The Labute approximate surface area is 93.3 Å². The van der Waals surface area contributed by atoms with Crippen molar-refractivity contribution >= 4 is 10.0 Å². The van der Waals surface area contributed by atoms with Crippen LogP contribution in [0.3, 0.4) is 0 Å². The van der Waals surface area contributed by atoms with E-state index in [2.05, 4.69) is 5.92 Å². The second-order valence-electron chi connectivity index (χ2n) is 2.94. The first-order valence-corrected chi connectivity index (χ1v) is 5.88. The number of rotatable bonds is 4. The summed E-state index contributed by atoms with van der Waals surface area (Å²) in [5.41, 5.74) is 0. The molecule has 0 heterocycles. The second kappa shape index (κ2) is 4.96. The van der Waals surface area contributed by atoms with Gasteiger partial charge in [-0.3, -0.25) is 0 Å². The monoisotopic (exact) mass is 243 g/mol. The van der Waals surface area contributed by atoms with Crippen molar-refractivity contribution in [2.75, 3.05) is 6.61 Å². The zero-order valence-electron chi connectivity index (χ0n) is 8.31. The van der Waals surface area contributed by atoms with Gasteiger partial charge in [-0.05, 0) is 18.2 Å². The molecule has 0 fully saturated rings. The lowest BCUT2D eigenvalue weighted by molar-refractivity contribution is 0.318. The van der Waals surface area contributed by atoms with E-state index in [1.807, 2.05) is 0 Å². The van der Waals surface area contributed by atoms with Crippen molar-refractivity contribution in [2.45, 2.75) is 11.3 Å². The molecule has 0 aromatic heterocycles. The van der Waals surface area contributed by atoms with Crippen molar-refractivity contribution < 1.29 is 17.5 Å². The topological polar surface area (TPSA) is 69.4 Å². The van der Waals surface area contributed by atoms with Crippen LogP contribution in [0.15, 0.2) is 23.1 Å². The first-order valence-electron chi connectivity index (χ1n) is 4.34. The number of benzene rings is 1. The molecule has 0 amide bonds. The van der Waals surface area contributed by atoms with Gasteiger partial charge in [-0.25, -0.2) is 17.9 Å². The Hall–Kier alpha value is -1.58. The van der Waals surface area contributed by atoms with Crippen LogP contribution in [0.25, 0.3) is 0 Å². The minimum absolute atomic E-state index is 0.000787. The SMILES string of the molecule is C#CCCOc1ccc(F)cc1S(N)(=O)=O. The number of primary sulfonamides is 1. The molecular weight excluding hydrogens is 233 g/mol. The van der Waals surface area contributed by atoms with Crippen LogP contribution in [0.1, 0.15) is 6.42 Å². The highest BCUT2D eigenvalue weighted by atomic mass is 32.2. The molecule has 0 aliphatic heterocycles. The van der Waals surface area contributed by atoms with E-state index in [-0.39, 0.29) is 17.3 Å². The quantitative estimate of drug-likeness (QED) is 0.630. The Morgan fingerprint density at radius 1 is 1.50 bits per heavy atom. The fourth-order valence-corrected chi connectivity index (χ4v) is 1.73. The van der Waals surface area contributed by atoms with E-state index in [9.17, 15) is 12.8 Å². The van der Waals surface area contributed by atoms with Crippen molar-refractivity contribution in [1.29, 1.82) is 0 Å². The van der Waals surface area contributed by atoms with Crippen LogP contribution < -0.4 is 9.88 Å². The van der Waals surface area contributed by atoms with Gasteiger partial charge in [-0.1, -0.05) is 0 Å². The molecule has 0 saturated carbocycles. The van der Waals surface area contributed by atoms with Gasteiger partial charge in [0.25, 0.3) is 0 Å². The number of hydrogen-bond acceptors (Lipinski definition) is 3. The lowest BCUT2D eigenvalue weighted by atomic mass is 10.3. The predicted octanol–water partition coefficient (Wildman–Crippen LogP) is 0.875. The van der Waals surface area contributed by atoms with E-state index in [0.717, 1.165) is 12.1 Å². The Balaban J connectivity index is 3.05. The standard InChI is InChI=1S/C10H10FNO3S/c1-2-3-6-15-9-5-4-8(11)7-10(9)16(12,13)14/h1,4-5,7H,3,6H2,(H2,12,13,14). The average Bonchev–Trinajstić information content (AvgIpc) is 2.19. The first-order chi connectivity index (χ1) is 7.45. The fourth-order valence-electron chi connectivity index (χ4n) is 1.04. The highest BCUT2D eigenvalue weighted by molar-refractivity contribution is 7.89. The van der Waals surface area contributed by atoms with Crippen LogP contribution in [0.4, 0.5) is 4.39 Å². The summed E-state index contributed by atoms with van der Waals surface area (Å²) >= 11 is 0. The molecule has 0 radical (unpaired) electrons. The summed E-state index contributed by atoms with van der Waals surface area (Å²) in [5.74, 6) is 1.63. The predicted molar refractivity (Wildman–Crippen MR) is 56.7 cm³/mol. The van der Waals surface area contributed by atoms with E-state index in [0.29, 0.717) is 6.42 Å². The molecule has 0 aliphatic carbocycles. The molecule has 0 bridgehead atoms. The Bertz CT molecular complexity index is 519. The summed E-state index contributed by atoms with van der Waals surface area (Å²) in [6.07, 6.45) is 5.33. The summed E-state index contributed by atoms with van der Waals surface area (Å²) in [6, 6.07) is 3.09. The Morgan fingerprint density at radius 2 is 2.19 bits per heavy atom. The maximum atomic E-state index is 12.9. The molecule has 1 aromatic rings. The van der Waals surface area contributed by atoms with Crippen LogP contribution in [0.2, 0.25) is 0 Å². The number of halogens is 1. The first kappa shape index (κ1) is 12.5. The number of nitrogens with two attached hydrogens (primary N) is 1. The summed E-state index contributed by atoms with van der Waals surface area (Å²) in [7, 11) is -4.01. The summed E-state index contributed by atoms with van der Waals surface area (Å²) in [4.78, 5) is -0.385. The van der Waals surface area contributed by atoms with E-state index in [4.69, 9.17) is 16.3 Å². The van der Waals surface area contributed by atoms with Crippen molar-refractivity contribution in [2.24, 2.45) is 5.14 Å². The molecule has 0 atom stereocenters. The maximum absolute atomic E-state index is 12.9. The van der Waals surface area contributed by atoms with Crippen LogP contribution in [-0.2, 0) is 10.0 Å². The number of sulfonamides is 1. The van der Waals surface area contributed by atoms with Gasteiger partial charge in [-0.2, -0.15) is 0 Å². The van der Waals surface area contributed by atoms with Gasteiger partial charge < -0.3 is 4.74 Å². The van der Waals surface area contributed by atoms with Gasteiger partial charge >= 0.3 is 0 Å². The lowest BCUT2D eigenvalue weighted by Crippen LogP contribution is -2.14. The molecular formula is C10H10FNO3S. The fraction of sp³-hybridized carbons (Fsp3) is 0.200. The van der Waals surface area contributed by atoms with Gasteiger partial charge in [0.1, 0.15) is 16.5 Å². The van der Waals surface area contributed by atoms with Gasteiger partial charge in [0, 0.05) is 6.42 Å². The maximum Gasteiger partial charge on any atom is 0.241 e. The lowest BCUT2D eigenvalue weighted by Gasteiger charge is -2.08. The third-order valence-electron chi connectivity index (χ3n) is 1.72. The smallest absolute Gasteiger partial charge is 0.241 e. The van der Waals surface area contributed by atoms with Crippen LogP contribution in [-0.4, -0.2) is 15.0 Å². The molecule has 1 rings (SSSR count). The molecule has 16 heavy (non-hydrogen) atoms. The van der Waals surface area contributed by atoms with Crippen molar-refractivity contribution in [3.05, 3.63) is 24.0 Å². The van der Waals surface area contributed by atoms with Gasteiger partial charge in [0.2, 0.25) is 10.0 Å². The molecule has 1 aromatic carbocycles. The van der Waals surface area contributed by atoms with E-state index < -0.39 is 15.8 Å². The summed E-state index contributed by atoms with van der Waals surface area (Å²) in [5, 5.41) is 4.92. The van der Waals surface area contributed by atoms with Crippen molar-refractivity contribution in [1.82, 2.24) is 0 Å². The average molecular weight is 243 g/mol. The third kappa shape index (κ3) is 3.22. The zero-order chi connectivity index (χ0) is 12.2. The minimum atomic E-state index is -4.01. The molecule has 0 spiro atoms. The molecule has 0 saturated heterocycles. The molecule has 4 nitrogen and oxygen atoms in total. The largest absolute Gasteiger partial charge is 0.491 e. The number of ether oxygens (including phenoxy) is 1. The minimum Gasteiger partial charge on any atom is -0.491 e. The highest BCUT2D eigenvalue weighted by Crippen LogP contribution is 2.23. The second-order valence-corrected chi connectivity index (χ2v) is 4.47. The Kier molecular flexibility index (Phi) is 3.88. The van der Waals surface area contributed by atoms with Crippen molar-refractivity contribution in [3.8, 4) is 18.1 Å². The zero-order valence-corrected chi connectivity index (χ0v) is 9.13. The van der Waals surface area contributed by atoms with Crippen LogP contribution in [0.5, 0.6) is 5.75 Å². The van der Waals surface area contributed by atoms with Gasteiger partial charge in [0.05, 0.1) is 6.61 Å². The number of terminal acetylenes is 1. The molecule has 0 unspecified atom stereocenters. The van der Waals surface area contributed by atoms with Crippen molar-refractivity contribution in [3.63, 3.8) is 0 Å². The molecule has 2 N–H and O–H groups in total. The van der Waals surface area contributed by atoms with Crippen LogP contribution in [0, 0.1) is 18.2 Å². The van der Waals surface area contributed by atoms with E-state index >= 15 is 0 Å². The molecule has 86 valence electrons. The Morgan fingerprint density at radius 3 is 2.75 bits per heavy atom. The van der Waals surface area contributed by atoms with Gasteiger partial charge in [0.15, 0.2) is 0 Å². The summed E-state index contributed by atoms with van der Waals surface area (Å²) in [6.45, 7) is 0.144. The normalized spacial score (nSPS) is 10.8. The highest BCUT2D eigenvalue weighted by Gasteiger charge is 2.16. The molecule has 6 heteroatoms. The van der Waals surface area contributed by atoms with E-state index in [1.54, 1.807) is 0 Å². The van der Waals surface area contributed by atoms with Gasteiger partial charge in [-0.15, -0.1) is 12.3 Å². The van der Waals surface area contributed by atoms with Crippen LogP contribution >= 0.6 is 0 Å². The van der Waals surface area contributed by atoms with E-state index in [1.165, 1.54) is 6.07 Å².